The topological polar surface area (TPSA) is 69.2 Å². The number of anilines is 2. The highest BCUT2D eigenvalue weighted by molar-refractivity contribution is 5.73. The van der Waals surface area contributed by atoms with E-state index in [-0.39, 0.29) is 5.82 Å². The maximum atomic E-state index is 13.7. The van der Waals surface area contributed by atoms with E-state index in [0.717, 1.165) is 30.0 Å². The van der Waals surface area contributed by atoms with Gasteiger partial charge < -0.3 is 14.2 Å². The molecule has 6 nitrogen and oxygen atoms in total. The van der Waals surface area contributed by atoms with E-state index in [1.54, 1.807) is 30.3 Å². The van der Waals surface area contributed by atoms with Crippen LogP contribution in [0.4, 0.5) is 15.8 Å². The lowest BCUT2D eigenvalue weighted by Crippen LogP contribution is -2.38. The molecule has 0 unspecified atom stereocenters. The second-order valence-corrected chi connectivity index (χ2v) is 6.17. The van der Waals surface area contributed by atoms with Gasteiger partial charge in [0.25, 0.3) is 0 Å². The van der Waals surface area contributed by atoms with Gasteiger partial charge in [-0.15, -0.1) is 10.2 Å². The number of aromatic nitrogens is 2. The monoisotopic (exact) mass is 349 g/mol. The van der Waals surface area contributed by atoms with Crippen molar-refractivity contribution in [3.8, 4) is 17.5 Å². The summed E-state index contributed by atoms with van der Waals surface area (Å²) in [5, 5.41) is 17.1. The van der Waals surface area contributed by atoms with Gasteiger partial charge in [-0.05, 0) is 42.5 Å². The predicted molar refractivity (Wildman–Crippen MR) is 95.2 cm³/mol. The molecule has 0 saturated carbocycles. The van der Waals surface area contributed by atoms with Crippen molar-refractivity contribution in [3.05, 3.63) is 59.7 Å². The van der Waals surface area contributed by atoms with Gasteiger partial charge in [0.15, 0.2) is 0 Å². The number of rotatable bonds is 3. The highest BCUT2D eigenvalue weighted by Gasteiger charge is 2.23. The zero-order valence-electron chi connectivity index (χ0n) is 14.2. The van der Waals surface area contributed by atoms with Crippen molar-refractivity contribution >= 4 is 11.4 Å². The Morgan fingerprint density at radius 3 is 2.69 bits per heavy atom. The Kier molecular flexibility index (Phi) is 4.01. The Morgan fingerprint density at radius 1 is 1.12 bits per heavy atom. The average molecular weight is 349 g/mol. The maximum absolute atomic E-state index is 13.7. The highest BCUT2D eigenvalue weighted by Crippen LogP contribution is 2.33. The quantitative estimate of drug-likeness (QED) is 0.723. The molecule has 7 heteroatoms. The van der Waals surface area contributed by atoms with Gasteiger partial charge >= 0.3 is 0 Å². The Bertz CT molecular complexity index is 976. The van der Waals surface area contributed by atoms with Gasteiger partial charge in [0.2, 0.25) is 11.8 Å². The lowest BCUT2D eigenvalue weighted by molar-refractivity contribution is 0.495. The molecular weight excluding hydrogens is 333 g/mol. The fourth-order valence-corrected chi connectivity index (χ4v) is 3.03. The lowest BCUT2D eigenvalue weighted by Gasteiger charge is -2.36. The van der Waals surface area contributed by atoms with E-state index in [9.17, 15) is 4.39 Å². The molecule has 2 heterocycles. The molecule has 0 bridgehead atoms. The molecular formula is C19H16FN5O. The number of hydrogen-bond donors (Lipinski definition) is 0. The minimum Gasteiger partial charge on any atom is -0.419 e. The summed E-state index contributed by atoms with van der Waals surface area (Å²) in [4.78, 5) is 4.13. The smallest absolute Gasteiger partial charge is 0.247 e. The SMILES string of the molecule is CN1CCN(Cc2nnc(-c3ccc(C#N)cc3)o2)c2cc(F)ccc21. The fraction of sp³-hybridized carbons (Fsp3) is 0.211. The molecule has 1 aliphatic rings. The summed E-state index contributed by atoms with van der Waals surface area (Å²) in [5.41, 5.74) is 3.12. The molecule has 130 valence electrons. The first-order valence-electron chi connectivity index (χ1n) is 8.22. The van der Waals surface area contributed by atoms with Crippen LogP contribution in [0.25, 0.3) is 11.5 Å². The van der Waals surface area contributed by atoms with E-state index in [4.69, 9.17) is 9.68 Å². The minimum atomic E-state index is -0.271. The first-order chi connectivity index (χ1) is 12.6. The van der Waals surface area contributed by atoms with E-state index in [2.05, 4.69) is 21.2 Å². The van der Waals surface area contributed by atoms with Gasteiger partial charge in [-0.2, -0.15) is 5.26 Å². The van der Waals surface area contributed by atoms with Crippen molar-refractivity contribution in [3.63, 3.8) is 0 Å². The van der Waals surface area contributed by atoms with Gasteiger partial charge in [-0.25, -0.2) is 4.39 Å². The third-order valence-corrected chi connectivity index (χ3v) is 4.45. The lowest BCUT2D eigenvalue weighted by atomic mass is 10.1. The van der Waals surface area contributed by atoms with Crippen LogP contribution < -0.4 is 9.80 Å². The van der Waals surface area contributed by atoms with Crippen LogP contribution in [0.1, 0.15) is 11.5 Å². The summed E-state index contributed by atoms with van der Waals surface area (Å²) in [5.74, 6) is 0.593. The van der Waals surface area contributed by atoms with E-state index < -0.39 is 0 Å². The molecule has 0 N–H and O–H groups in total. The van der Waals surface area contributed by atoms with E-state index in [1.165, 1.54) is 12.1 Å². The zero-order valence-corrected chi connectivity index (χ0v) is 14.2. The maximum Gasteiger partial charge on any atom is 0.247 e. The number of hydrogen-bond acceptors (Lipinski definition) is 6. The normalized spacial score (nSPS) is 13.4. The Labute approximate surface area is 150 Å². The molecule has 0 radical (unpaired) electrons. The minimum absolute atomic E-state index is 0.271. The first-order valence-corrected chi connectivity index (χ1v) is 8.22. The number of nitrogens with zero attached hydrogens (tertiary/aromatic N) is 5. The van der Waals surface area contributed by atoms with Crippen molar-refractivity contribution in [2.45, 2.75) is 6.54 Å². The average Bonchev–Trinajstić information content (AvgIpc) is 3.13. The molecule has 2 aromatic carbocycles. The van der Waals surface area contributed by atoms with Gasteiger partial charge in [-0.3, -0.25) is 0 Å². The molecule has 4 rings (SSSR count). The van der Waals surface area contributed by atoms with Crippen LogP contribution >= 0.6 is 0 Å². The van der Waals surface area contributed by atoms with Crippen LogP contribution in [0.15, 0.2) is 46.9 Å². The molecule has 0 spiro atoms. The third-order valence-electron chi connectivity index (χ3n) is 4.45. The second kappa shape index (κ2) is 6.48. The molecule has 0 atom stereocenters. The number of fused-ring (bicyclic) bond motifs is 1. The summed E-state index contributed by atoms with van der Waals surface area (Å²) in [7, 11) is 1.99. The fourth-order valence-electron chi connectivity index (χ4n) is 3.03. The molecule has 1 aliphatic heterocycles. The van der Waals surface area contributed by atoms with Crippen LogP contribution in [0.5, 0.6) is 0 Å². The molecule has 0 amide bonds. The molecule has 1 aromatic heterocycles. The Morgan fingerprint density at radius 2 is 1.92 bits per heavy atom. The van der Waals surface area contributed by atoms with Crippen molar-refractivity contribution in [2.75, 3.05) is 29.9 Å². The molecule has 26 heavy (non-hydrogen) atoms. The van der Waals surface area contributed by atoms with Gasteiger partial charge in [0, 0.05) is 25.7 Å². The standard InChI is InChI=1S/C19H16FN5O/c1-24-8-9-25(17-10-15(20)6-7-16(17)24)12-18-22-23-19(26-18)14-4-2-13(11-21)3-5-14/h2-7,10H,8-9,12H2,1H3. The second-order valence-electron chi connectivity index (χ2n) is 6.17. The number of halogens is 1. The van der Waals surface area contributed by atoms with E-state index in [0.29, 0.717) is 23.9 Å². The van der Waals surface area contributed by atoms with Crippen LogP contribution in [0.2, 0.25) is 0 Å². The summed E-state index contributed by atoms with van der Waals surface area (Å²) >= 11 is 0. The summed E-state index contributed by atoms with van der Waals surface area (Å²) < 4.78 is 19.5. The van der Waals surface area contributed by atoms with Crippen LogP contribution in [0, 0.1) is 17.1 Å². The summed E-state index contributed by atoms with van der Waals surface area (Å²) in [6.45, 7) is 1.98. The van der Waals surface area contributed by atoms with E-state index in [1.807, 2.05) is 11.9 Å². The van der Waals surface area contributed by atoms with Gasteiger partial charge in [0.05, 0.1) is 29.6 Å². The molecule has 3 aromatic rings. The van der Waals surface area contributed by atoms with Crippen molar-refractivity contribution in [1.82, 2.24) is 10.2 Å². The van der Waals surface area contributed by atoms with Crippen LogP contribution in [-0.4, -0.2) is 30.3 Å². The molecule has 0 fully saturated rings. The van der Waals surface area contributed by atoms with Crippen molar-refractivity contribution in [1.29, 1.82) is 5.26 Å². The van der Waals surface area contributed by atoms with Crippen LogP contribution in [0.3, 0.4) is 0 Å². The largest absolute Gasteiger partial charge is 0.419 e. The van der Waals surface area contributed by atoms with Gasteiger partial charge in [0.1, 0.15) is 5.82 Å². The summed E-state index contributed by atoms with van der Waals surface area (Å²) in [6, 6.07) is 13.8. The first kappa shape index (κ1) is 16.1. The Balaban J connectivity index is 1.57. The zero-order chi connectivity index (χ0) is 18.1. The number of likely N-dealkylation sites (N-methyl/N-ethyl adjacent to an activating group) is 1. The van der Waals surface area contributed by atoms with E-state index >= 15 is 0 Å². The number of nitriles is 1. The molecule has 0 saturated heterocycles. The predicted octanol–water partition coefficient (Wildman–Crippen LogP) is 3.20. The van der Waals surface area contributed by atoms with Crippen molar-refractivity contribution < 1.29 is 8.81 Å². The molecule has 0 aliphatic carbocycles. The highest BCUT2D eigenvalue weighted by atomic mass is 19.1. The number of benzene rings is 2. The summed E-state index contributed by atoms with van der Waals surface area (Å²) in [6.07, 6.45) is 0. The van der Waals surface area contributed by atoms with Gasteiger partial charge in [-0.1, -0.05) is 0 Å². The third kappa shape index (κ3) is 2.97. The van der Waals surface area contributed by atoms with Crippen LogP contribution in [-0.2, 0) is 6.54 Å². The van der Waals surface area contributed by atoms with Crippen molar-refractivity contribution in [2.24, 2.45) is 0 Å². The Hall–Kier alpha value is -3.40.